The van der Waals surface area contributed by atoms with Crippen LogP contribution in [0, 0.1) is 17.2 Å². The van der Waals surface area contributed by atoms with E-state index in [9.17, 15) is 4.79 Å². The molecule has 4 heteroatoms. The lowest BCUT2D eigenvalue weighted by molar-refractivity contribution is -0.132. The molecule has 2 rings (SSSR count). The molecular formula is C18H22N2OS. The Labute approximate surface area is 137 Å². The summed E-state index contributed by atoms with van der Waals surface area (Å²) in [4.78, 5) is 14.4. The van der Waals surface area contributed by atoms with Gasteiger partial charge in [0, 0.05) is 19.5 Å². The van der Waals surface area contributed by atoms with E-state index < -0.39 is 0 Å². The van der Waals surface area contributed by atoms with Gasteiger partial charge in [-0.15, -0.1) is 6.58 Å². The summed E-state index contributed by atoms with van der Waals surface area (Å²) in [6.45, 7) is 4.91. The summed E-state index contributed by atoms with van der Waals surface area (Å²) in [5, 5.41) is 8.84. The molecule has 1 aliphatic rings. The van der Waals surface area contributed by atoms with Crippen molar-refractivity contribution in [1.29, 1.82) is 5.26 Å². The minimum absolute atomic E-state index is 0.209. The number of carbonyl (C=O) groups is 1. The normalized spacial score (nSPS) is 15.0. The topological polar surface area (TPSA) is 44.1 Å². The van der Waals surface area contributed by atoms with Crippen LogP contribution in [0.25, 0.3) is 0 Å². The summed E-state index contributed by atoms with van der Waals surface area (Å²) in [7, 11) is 0. The highest BCUT2D eigenvalue weighted by atomic mass is 32.2. The van der Waals surface area contributed by atoms with Gasteiger partial charge in [-0.1, -0.05) is 18.2 Å². The second-order valence-electron chi connectivity index (χ2n) is 5.63. The molecular weight excluding hydrogens is 292 g/mol. The van der Waals surface area contributed by atoms with Crippen molar-refractivity contribution in [3.05, 3.63) is 48.0 Å². The van der Waals surface area contributed by atoms with Crippen LogP contribution in [0.4, 0.5) is 0 Å². The van der Waals surface area contributed by atoms with Gasteiger partial charge in [-0.3, -0.25) is 4.79 Å². The minimum Gasteiger partial charge on any atom is -0.335 e. The summed E-state index contributed by atoms with van der Waals surface area (Å²) in [5.41, 5.74) is 1.69. The maximum atomic E-state index is 12.5. The van der Waals surface area contributed by atoms with E-state index in [4.69, 9.17) is 5.26 Å². The molecule has 0 radical (unpaired) electrons. The highest BCUT2D eigenvalue weighted by Gasteiger charge is 2.20. The van der Waals surface area contributed by atoms with Crippen molar-refractivity contribution in [2.75, 3.05) is 18.1 Å². The van der Waals surface area contributed by atoms with E-state index in [2.05, 4.69) is 12.6 Å². The van der Waals surface area contributed by atoms with Crippen molar-refractivity contribution >= 4 is 17.7 Å². The fourth-order valence-corrected chi connectivity index (χ4v) is 3.85. The lowest BCUT2D eigenvalue weighted by Crippen LogP contribution is -2.32. The second kappa shape index (κ2) is 8.65. The van der Waals surface area contributed by atoms with Crippen LogP contribution in [0.15, 0.2) is 36.9 Å². The number of nitrogens with zero attached hydrogens (tertiary/aromatic N) is 2. The SMILES string of the molecule is C=CCN(Cc1ccc(C#N)cc1)C(=O)CC1CCSCC1. The highest BCUT2D eigenvalue weighted by Crippen LogP contribution is 2.26. The van der Waals surface area contributed by atoms with Gasteiger partial charge in [0.25, 0.3) is 0 Å². The van der Waals surface area contributed by atoms with Crippen molar-refractivity contribution < 1.29 is 4.79 Å². The Morgan fingerprint density at radius 2 is 2.05 bits per heavy atom. The third-order valence-corrected chi connectivity index (χ3v) is 5.01. The molecule has 0 bridgehead atoms. The largest absolute Gasteiger partial charge is 0.335 e. The molecule has 1 amide bonds. The van der Waals surface area contributed by atoms with Gasteiger partial charge in [0.05, 0.1) is 11.6 Å². The third kappa shape index (κ3) is 4.92. The zero-order chi connectivity index (χ0) is 15.8. The minimum atomic E-state index is 0.209. The number of hydrogen-bond donors (Lipinski definition) is 0. The summed E-state index contributed by atoms with van der Waals surface area (Å²) in [6.07, 6.45) is 4.72. The van der Waals surface area contributed by atoms with Gasteiger partial charge in [0.15, 0.2) is 0 Å². The Kier molecular flexibility index (Phi) is 6.54. The van der Waals surface area contributed by atoms with Crippen LogP contribution >= 0.6 is 11.8 Å². The maximum Gasteiger partial charge on any atom is 0.223 e. The predicted molar refractivity (Wildman–Crippen MR) is 91.4 cm³/mol. The summed E-state index contributed by atoms with van der Waals surface area (Å²) in [5.74, 6) is 3.09. The molecule has 1 aromatic rings. The van der Waals surface area contributed by atoms with E-state index in [0.717, 1.165) is 18.4 Å². The van der Waals surface area contributed by atoms with E-state index in [1.54, 1.807) is 18.2 Å². The molecule has 1 saturated heterocycles. The Balaban J connectivity index is 1.96. The van der Waals surface area contributed by atoms with Crippen LogP contribution in [0.5, 0.6) is 0 Å². The predicted octanol–water partition coefficient (Wildman–Crippen LogP) is 3.61. The Morgan fingerprint density at radius 1 is 1.36 bits per heavy atom. The van der Waals surface area contributed by atoms with Gasteiger partial charge in [-0.05, 0) is 48.0 Å². The van der Waals surface area contributed by atoms with E-state index >= 15 is 0 Å². The average molecular weight is 314 g/mol. The summed E-state index contributed by atoms with van der Waals surface area (Å²) in [6, 6.07) is 9.53. The first-order valence-electron chi connectivity index (χ1n) is 7.68. The molecule has 0 unspecified atom stereocenters. The van der Waals surface area contributed by atoms with Crippen molar-refractivity contribution in [2.24, 2.45) is 5.92 Å². The number of carbonyl (C=O) groups excluding carboxylic acids is 1. The van der Waals surface area contributed by atoms with Crippen LogP contribution in [-0.2, 0) is 11.3 Å². The Morgan fingerprint density at radius 3 is 2.64 bits per heavy atom. The number of thioether (sulfide) groups is 1. The Bertz CT molecular complexity index is 541. The number of nitriles is 1. The van der Waals surface area contributed by atoms with Crippen molar-refractivity contribution in [3.8, 4) is 6.07 Å². The van der Waals surface area contributed by atoms with Gasteiger partial charge in [0.2, 0.25) is 5.91 Å². The van der Waals surface area contributed by atoms with Crippen LogP contribution in [0.2, 0.25) is 0 Å². The number of amides is 1. The van der Waals surface area contributed by atoms with Crippen LogP contribution in [0.3, 0.4) is 0 Å². The van der Waals surface area contributed by atoms with Crippen LogP contribution in [0.1, 0.15) is 30.4 Å². The molecule has 0 atom stereocenters. The number of rotatable bonds is 6. The molecule has 1 fully saturated rings. The molecule has 3 nitrogen and oxygen atoms in total. The second-order valence-corrected chi connectivity index (χ2v) is 6.86. The molecule has 0 saturated carbocycles. The zero-order valence-electron chi connectivity index (χ0n) is 12.8. The molecule has 1 heterocycles. The lowest BCUT2D eigenvalue weighted by atomic mass is 9.98. The van der Waals surface area contributed by atoms with Crippen LogP contribution in [-0.4, -0.2) is 28.9 Å². The molecule has 0 spiro atoms. The molecule has 0 aromatic heterocycles. The lowest BCUT2D eigenvalue weighted by Gasteiger charge is -2.26. The standard InChI is InChI=1S/C18H22N2OS/c1-2-9-20(14-17-5-3-16(13-19)4-6-17)18(21)12-15-7-10-22-11-8-15/h2-6,15H,1,7-12,14H2. The fourth-order valence-electron chi connectivity index (χ4n) is 2.64. The molecule has 1 aliphatic heterocycles. The molecule has 0 N–H and O–H groups in total. The summed E-state index contributed by atoms with van der Waals surface area (Å²) >= 11 is 1.98. The van der Waals surface area contributed by atoms with Gasteiger partial charge < -0.3 is 4.90 Å². The van der Waals surface area contributed by atoms with E-state index in [1.807, 2.05) is 28.8 Å². The quantitative estimate of drug-likeness (QED) is 0.754. The highest BCUT2D eigenvalue weighted by molar-refractivity contribution is 7.99. The van der Waals surface area contributed by atoms with Gasteiger partial charge >= 0.3 is 0 Å². The first-order chi connectivity index (χ1) is 10.7. The van der Waals surface area contributed by atoms with Crippen molar-refractivity contribution in [3.63, 3.8) is 0 Å². The molecule has 1 aromatic carbocycles. The van der Waals surface area contributed by atoms with E-state index in [-0.39, 0.29) is 5.91 Å². The maximum absolute atomic E-state index is 12.5. The number of benzene rings is 1. The molecule has 116 valence electrons. The van der Waals surface area contributed by atoms with Crippen molar-refractivity contribution in [1.82, 2.24) is 4.90 Å². The Hall–Kier alpha value is -1.73. The van der Waals surface area contributed by atoms with Gasteiger partial charge in [-0.2, -0.15) is 17.0 Å². The van der Waals surface area contributed by atoms with E-state index in [0.29, 0.717) is 31.0 Å². The third-order valence-electron chi connectivity index (χ3n) is 3.96. The molecule has 22 heavy (non-hydrogen) atoms. The fraction of sp³-hybridized carbons (Fsp3) is 0.444. The number of hydrogen-bond acceptors (Lipinski definition) is 3. The van der Waals surface area contributed by atoms with Crippen molar-refractivity contribution in [2.45, 2.75) is 25.8 Å². The van der Waals surface area contributed by atoms with Crippen LogP contribution < -0.4 is 0 Å². The van der Waals surface area contributed by atoms with Gasteiger partial charge in [0.1, 0.15) is 0 Å². The van der Waals surface area contributed by atoms with Gasteiger partial charge in [-0.25, -0.2) is 0 Å². The first kappa shape index (κ1) is 16.6. The molecule has 0 aliphatic carbocycles. The zero-order valence-corrected chi connectivity index (χ0v) is 13.6. The summed E-state index contributed by atoms with van der Waals surface area (Å²) < 4.78 is 0. The monoisotopic (exact) mass is 314 g/mol. The van der Waals surface area contributed by atoms with E-state index in [1.165, 1.54) is 11.5 Å². The average Bonchev–Trinajstić information content (AvgIpc) is 2.56. The smallest absolute Gasteiger partial charge is 0.223 e. The first-order valence-corrected chi connectivity index (χ1v) is 8.84.